The van der Waals surface area contributed by atoms with Gasteiger partial charge in [-0.15, -0.1) is 0 Å². The van der Waals surface area contributed by atoms with E-state index < -0.39 is 10.0 Å². The first-order chi connectivity index (χ1) is 10.6. The van der Waals surface area contributed by atoms with Crippen molar-refractivity contribution in [2.75, 3.05) is 27.8 Å². The standard InChI is InChI=1S/C14H21BrN2O5S/c1-9(2)16-14(18)8-17(3)23(19,20)13-7-12(22-5)11(21-4)6-10(13)15/h6-7,9H,8H2,1-5H3,(H,16,18). The second-order valence-corrected chi connectivity index (χ2v) is 7.99. The first-order valence-corrected chi connectivity index (χ1v) is 9.04. The highest BCUT2D eigenvalue weighted by Crippen LogP contribution is 2.36. The van der Waals surface area contributed by atoms with Gasteiger partial charge in [-0.1, -0.05) is 0 Å². The zero-order chi connectivity index (χ0) is 17.8. The molecule has 0 aromatic heterocycles. The summed E-state index contributed by atoms with van der Waals surface area (Å²) in [6.45, 7) is 3.33. The third-order valence-electron chi connectivity index (χ3n) is 2.94. The van der Waals surface area contributed by atoms with Gasteiger partial charge in [-0.3, -0.25) is 4.79 Å². The van der Waals surface area contributed by atoms with Gasteiger partial charge < -0.3 is 14.8 Å². The van der Waals surface area contributed by atoms with Gasteiger partial charge >= 0.3 is 0 Å². The van der Waals surface area contributed by atoms with E-state index >= 15 is 0 Å². The lowest BCUT2D eigenvalue weighted by Gasteiger charge is -2.19. The molecule has 1 amide bonds. The molecule has 0 spiro atoms. The minimum Gasteiger partial charge on any atom is -0.493 e. The van der Waals surface area contributed by atoms with Crippen LogP contribution in [0.4, 0.5) is 0 Å². The van der Waals surface area contributed by atoms with Gasteiger partial charge in [0.2, 0.25) is 15.9 Å². The maximum Gasteiger partial charge on any atom is 0.244 e. The second kappa shape index (κ2) is 7.98. The Balaban J connectivity index is 3.15. The molecule has 0 aliphatic carbocycles. The lowest BCUT2D eigenvalue weighted by Crippen LogP contribution is -2.40. The van der Waals surface area contributed by atoms with Crippen LogP contribution in [0.25, 0.3) is 0 Å². The van der Waals surface area contributed by atoms with Crippen molar-refractivity contribution in [2.24, 2.45) is 0 Å². The summed E-state index contributed by atoms with van der Waals surface area (Å²) in [5, 5.41) is 2.65. The van der Waals surface area contributed by atoms with Crippen molar-refractivity contribution < 1.29 is 22.7 Å². The number of nitrogens with one attached hydrogen (secondary N) is 1. The number of halogens is 1. The van der Waals surface area contributed by atoms with Gasteiger partial charge in [-0.25, -0.2) is 8.42 Å². The number of methoxy groups -OCH3 is 2. The van der Waals surface area contributed by atoms with Gasteiger partial charge in [0, 0.05) is 23.6 Å². The number of sulfonamides is 1. The highest BCUT2D eigenvalue weighted by atomic mass is 79.9. The first kappa shape index (κ1) is 19.7. The maximum absolute atomic E-state index is 12.7. The fourth-order valence-electron chi connectivity index (χ4n) is 1.86. The Morgan fingerprint density at radius 1 is 1.26 bits per heavy atom. The van der Waals surface area contributed by atoms with Crippen LogP contribution in [-0.4, -0.2) is 52.5 Å². The van der Waals surface area contributed by atoms with Crippen LogP contribution in [0.5, 0.6) is 11.5 Å². The Morgan fingerprint density at radius 3 is 2.26 bits per heavy atom. The van der Waals surface area contributed by atoms with Crippen LogP contribution in [-0.2, 0) is 14.8 Å². The van der Waals surface area contributed by atoms with E-state index in [4.69, 9.17) is 9.47 Å². The van der Waals surface area contributed by atoms with E-state index in [-0.39, 0.29) is 29.1 Å². The van der Waals surface area contributed by atoms with Crippen LogP contribution < -0.4 is 14.8 Å². The Hall–Kier alpha value is -1.32. The fourth-order valence-corrected chi connectivity index (χ4v) is 3.98. The minimum atomic E-state index is -3.87. The van der Waals surface area contributed by atoms with Crippen molar-refractivity contribution in [1.29, 1.82) is 0 Å². The number of nitrogens with zero attached hydrogens (tertiary/aromatic N) is 1. The lowest BCUT2D eigenvalue weighted by atomic mass is 10.3. The van der Waals surface area contributed by atoms with Gasteiger partial charge in [0.25, 0.3) is 0 Å². The van der Waals surface area contributed by atoms with Crippen LogP contribution in [0.3, 0.4) is 0 Å². The van der Waals surface area contributed by atoms with Crippen LogP contribution in [0.1, 0.15) is 13.8 Å². The van der Waals surface area contributed by atoms with Crippen molar-refractivity contribution in [3.05, 3.63) is 16.6 Å². The number of carbonyl (C=O) groups excluding carboxylic acids is 1. The molecule has 0 aliphatic rings. The number of likely N-dealkylation sites (N-methyl/N-ethyl adjacent to an activating group) is 1. The number of hydrogen-bond acceptors (Lipinski definition) is 5. The molecule has 1 aromatic rings. The first-order valence-electron chi connectivity index (χ1n) is 6.80. The molecular formula is C14H21BrN2O5S. The smallest absolute Gasteiger partial charge is 0.244 e. The third kappa shape index (κ3) is 4.82. The summed E-state index contributed by atoms with van der Waals surface area (Å²) in [6.07, 6.45) is 0. The monoisotopic (exact) mass is 408 g/mol. The number of ether oxygens (including phenoxy) is 2. The molecule has 1 rings (SSSR count). The topological polar surface area (TPSA) is 84.9 Å². The summed E-state index contributed by atoms with van der Waals surface area (Å²) in [5.41, 5.74) is 0. The molecule has 0 heterocycles. The molecule has 0 radical (unpaired) electrons. The Kier molecular flexibility index (Phi) is 6.84. The molecule has 0 unspecified atom stereocenters. The summed E-state index contributed by atoms with van der Waals surface area (Å²) in [4.78, 5) is 11.8. The van der Waals surface area contributed by atoms with Crippen LogP contribution in [0.15, 0.2) is 21.5 Å². The van der Waals surface area contributed by atoms with E-state index in [1.807, 2.05) is 0 Å². The number of carbonyl (C=O) groups is 1. The number of hydrogen-bond donors (Lipinski definition) is 1. The van der Waals surface area contributed by atoms with Gasteiger partial charge in [0.15, 0.2) is 11.5 Å². The number of rotatable bonds is 7. The van der Waals surface area contributed by atoms with E-state index in [0.29, 0.717) is 10.2 Å². The molecule has 0 saturated carbocycles. The summed E-state index contributed by atoms with van der Waals surface area (Å²) in [5.74, 6) is 0.315. The van der Waals surface area contributed by atoms with Crippen LogP contribution >= 0.6 is 15.9 Å². The molecule has 130 valence electrons. The summed E-state index contributed by atoms with van der Waals surface area (Å²) in [7, 11) is 0.355. The number of amides is 1. The molecule has 0 saturated heterocycles. The number of benzene rings is 1. The average molecular weight is 409 g/mol. The summed E-state index contributed by atoms with van der Waals surface area (Å²) in [6, 6.07) is 2.80. The molecule has 7 nitrogen and oxygen atoms in total. The van der Waals surface area contributed by atoms with E-state index in [0.717, 1.165) is 4.31 Å². The average Bonchev–Trinajstić information content (AvgIpc) is 2.45. The second-order valence-electron chi connectivity index (χ2n) is 5.12. The van der Waals surface area contributed by atoms with Crippen molar-refractivity contribution in [2.45, 2.75) is 24.8 Å². The van der Waals surface area contributed by atoms with Gasteiger partial charge in [-0.05, 0) is 35.8 Å². The molecule has 1 N–H and O–H groups in total. The van der Waals surface area contributed by atoms with E-state index in [2.05, 4.69) is 21.2 Å². The predicted octanol–water partition coefficient (Wildman–Crippen LogP) is 1.61. The van der Waals surface area contributed by atoms with Crippen molar-refractivity contribution >= 4 is 31.9 Å². The SMILES string of the molecule is COc1cc(Br)c(S(=O)(=O)N(C)CC(=O)NC(C)C)cc1OC. The van der Waals surface area contributed by atoms with Gasteiger partial charge in [0.1, 0.15) is 4.90 Å². The summed E-state index contributed by atoms with van der Waals surface area (Å²) >= 11 is 3.22. The Morgan fingerprint density at radius 2 is 1.78 bits per heavy atom. The zero-order valence-electron chi connectivity index (χ0n) is 13.7. The quantitative estimate of drug-likeness (QED) is 0.740. The highest BCUT2D eigenvalue weighted by molar-refractivity contribution is 9.10. The molecule has 0 fully saturated rings. The Labute approximate surface area is 145 Å². The van der Waals surface area contributed by atoms with Crippen LogP contribution in [0.2, 0.25) is 0 Å². The molecule has 0 atom stereocenters. The normalized spacial score (nSPS) is 11.7. The molecule has 0 bridgehead atoms. The molecule has 23 heavy (non-hydrogen) atoms. The van der Waals surface area contributed by atoms with Crippen LogP contribution in [0, 0.1) is 0 Å². The van der Waals surface area contributed by atoms with Gasteiger partial charge in [0.05, 0.1) is 20.8 Å². The molecule has 9 heteroatoms. The zero-order valence-corrected chi connectivity index (χ0v) is 16.1. The maximum atomic E-state index is 12.7. The molecule has 0 aliphatic heterocycles. The van der Waals surface area contributed by atoms with Gasteiger partial charge in [-0.2, -0.15) is 4.31 Å². The summed E-state index contributed by atoms with van der Waals surface area (Å²) < 4.78 is 36.9. The van der Waals surface area contributed by atoms with Crippen molar-refractivity contribution in [3.8, 4) is 11.5 Å². The largest absolute Gasteiger partial charge is 0.493 e. The Bertz CT molecular complexity index is 676. The fraction of sp³-hybridized carbons (Fsp3) is 0.500. The predicted molar refractivity (Wildman–Crippen MR) is 90.3 cm³/mol. The van der Waals surface area contributed by atoms with Crippen molar-refractivity contribution in [3.63, 3.8) is 0 Å². The van der Waals surface area contributed by atoms with E-state index in [9.17, 15) is 13.2 Å². The highest BCUT2D eigenvalue weighted by Gasteiger charge is 2.27. The molecule has 1 aromatic carbocycles. The van der Waals surface area contributed by atoms with E-state index in [1.54, 1.807) is 13.8 Å². The third-order valence-corrected chi connectivity index (χ3v) is 5.70. The van der Waals surface area contributed by atoms with Crippen molar-refractivity contribution in [1.82, 2.24) is 9.62 Å². The molecular weight excluding hydrogens is 388 g/mol. The minimum absolute atomic E-state index is 0.00463. The lowest BCUT2D eigenvalue weighted by molar-refractivity contribution is -0.121. The van der Waals surface area contributed by atoms with E-state index in [1.165, 1.54) is 33.4 Å².